The van der Waals surface area contributed by atoms with Crippen LogP contribution in [0, 0.1) is 11.3 Å². The Kier molecular flexibility index (Phi) is 13.6. The number of carbonyl (C=O) groups is 1. The lowest BCUT2D eigenvalue weighted by molar-refractivity contribution is -0.119. The molecule has 2 atom stereocenters. The molecule has 0 aromatic rings. The second kappa shape index (κ2) is 13.5. The van der Waals surface area contributed by atoms with Crippen molar-refractivity contribution in [3.8, 4) is 11.3 Å². The van der Waals surface area contributed by atoms with Crippen molar-refractivity contribution in [2.24, 2.45) is 0 Å². The molecule has 0 aliphatic carbocycles. The Morgan fingerprint density at radius 2 is 1.70 bits per heavy atom. The maximum Gasteiger partial charge on any atom is 0.217 e. The van der Waals surface area contributed by atoms with E-state index >= 15 is 0 Å². The van der Waals surface area contributed by atoms with Gasteiger partial charge in [0.1, 0.15) is 0 Å². The summed E-state index contributed by atoms with van der Waals surface area (Å²) in [6, 6.07) is 0.178. The van der Waals surface area contributed by atoms with E-state index in [4.69, 9.17) is 46.4 Å². The fourth-order valence-electron chi connectivity index (χ4n) is 2.44. The number of amides is 1. The van der Waals surface area contributed by atoms with Gasteiger partial charge in [0, 0.05) is 18.3 Å². The molecule has 6 heteroatoms. The normalized spacial score (nSPS) is 13.8. The molecule has 0 aliphatic heterocycles. The van der Waals surface area contributed by atoms with Crippen molar-refractivity contribution in [3.05, 3.63) is 0 Å². The summed E-state index contributed by atoms with van der Waals surface area (Å²) in [5.74, 6) is 2.49. The van der Waals surface area contributed by atoms with Crippen LogP contribution in [-0.2, 0) is 4.79 Å². The van der Waals surface area contributed by atoms with Crippen LogP contribution in [0.4, 0.5) is 0 Å². The number of halogens is 4. The van der Waals surface area contributed by atoms with Crippen molar-refractivity contribution in [2.75, 3.05) is 0 Å². The first kappa shape index (κ1) is 23.2. The van der Waals surface area contributed by atoms with Crippen LogP contribution in [-0.4, -0.2) is 21.7 Å². The van der Waals surface area contributed by atoms with Crippen molar-refractivity contribution in [2.45, 2.75) is 87.4 Å². The van der Waals surface area contributed by atoms with Gasteiger partial charge >= 0.3 is 0 Å². The molecule has 0 aliphatic rings. The van der Waals surface area contributed by atoms with Crippen molar-refractivity contribution in [1.29, 1.82) is 0 Å². The minimum Gasteiger partial charge on any atom is -0.354 e. The molecule has 2 nitrogen and oxygen atoms in total. The summed E-state index contributed by atoms with van der Waals surface area (Å²) >= 11 is 23.6. The van der Waals surface area contributed by atoms with Crippen LogP contribution in [0.1, 0.15) is 71.6 Å². The van der Waals surface area contributed by atoms with Crippen LogP contribution >= 0.6 is 46.4 Å². The number of hydrogen-bond acceptors (Lipinski definition) is 1. The highest BCUT2D eigenvalue weighted by Gasteiger charge is 2.31. The molecule has 2 unspecified atom stereocenters. The Morgan fingerprint density at radius 3 is 2.26 bits per heavy atom. The molecule has 0 aromatic carbocycles. The molecule has 0 spiro atoms. The molecule has 0 aromatic heterocycles. The van der Waals surface area contributed by atoms with Crippen LogP contribution in [0.2, 0.25) is 0 Å². The zero-order chi connectivity index (χ0) is 17.7. The van der Waals surface area contributed by atoms with E-state index in [1.54, 1.807) is 6.92 Å². The fourth-order valence-corrected chi connectivity index (χ4v) is 3.20. The number of rotatable bonds is 12. The Bertz CT molecular complexity index is 390. The SMILES string of the molecule is CCCCCCCC(CCCC(Cl)C(Cl)(Cl)C#CCl)NC(C)=O. The monoisotopic (exact) mass is 401 g/mol. The molecular formula is C17H27Cl4NO. The van der Waals surface area contributed by atoms with Gasteiger partial charge in [-0.15, -0.1) is 11.6 Å². The molecule has 0 heterocycles. The van der Waals surface area contributed by atoms with Gasteiger partial charge < -0.3 is 5.32 Å². The van der Waals surface area contributed by atoms with Gasteiger partial charge in [0.15, 0.2) is 4.33 Å². The quantitative estimate of drug-likeness (QED) is 0.242. The topological polar surface area (TPSA) is 29.1 Å². The Labute approximate surface area is 161 Å². The molecule has 0 bridgehead atoms. The van der Waals surface area contributed by atoms with Crippen molar-refractivity contribution in [1.82, 2.24) is 5.32 Å². The van der Waals surface area contributed by atoms with Gasteiger partial charge in [0.2, 0.25) is 5.91 Å². The summed E-state index contributed by atoms with van der Waals surface area (Å²) in [4.78, 5) is 11.3. The smallest absolute Gasteiger partial charge is 0.217 e. The first-order valence-electron chi connectivity index (χ1n) is 8.25. The van der Waals surface area contributed by atoms with Gasteiger partial charge in [-0.05, 0) is 43.2 Å². The molecule has 0 saturated carbocycles. The molecule has 23 heavy (non-hydrogen) atoms. The molecule has 134 valence electrons. The zero-order valence-electron chi connectivity index (χ0n) is 13.9. The first-order valence-corrected chi connectivity index (χ1v) is 9.82. The molecular weight excluding hydrogens is 376 g/mol. The standard InChI is InChI=1S/C17H27Cl4NO/c1-3-4-5-6-7-9-15(22-14(2)23)10-8-11-16(19)17(20,21)12-13-18/h15-16H,3-11H2,1-2H3,(H,22,23). The average Bonchev–Trinajstić information content (AvgIpc) is 2.45. The number of alkyl halides is 3. The van der Waals surface area contributed by atoms with E-state index in [0.717, 1.165) is 25.7 Å². The van der Waals surface area contributed by atoms with E-state index in [9.17, 15) is 4.79 Å². The van der Waals surface area contributed by atoms with E-state index in [2.05, 4.69) is 23.5 Å². The molecule has 0 rings (SSSR count). The summed E-state index contributed by atoms with van der Waals surface area (Å²) in [7, 11) is 0. The minimum atomic E-state index is -1.34. The lowest BCUT2D eigenvalue weighted by Gasteiger charge is -2.21. The van der Waals surface area contributed by atoms with Crippen LogP contribution < -0.4 is 5.32 Å². The van der Waals surface area contributed by atoms with E-state index in [-0.39, 0.29) is 11.9 Å². The third-order valence-electron chi connectivity index (χ3n) is 3.68. The van der Waals surface area contributed by atoms with E-state index in [1.165, 1.54) is 25.7 Å². The predicted octanol–water partition coefficient (Wildman–Crippen LogP) is 6.00. The van der Waals surface area contributed by atoms with Crippen LogP contribution in [0.25, 0.3) is 0 Å². The van der Waals surface area contributed by atoms with Gasteiger partial charge in [0.05, 0.1) is 5.38 Å². The third-order valence-corrected chi connectivity index (χ3v) is 5.26. The summed E-state index contributed by atoms with van der Waals surface area (Å²) in [5, 5.41) is 4.69. The number of nitrogens with one attached hydrogen (secondary N) is 1. The molecule has 1 N–H and O–H groups in total. The maximum absolute atomic E-state index is 11.3. The van der Waals surface area contributed by atoms with Crippen LogP contribution in [0.3, 0.4) is 0 Å². The second-order valence-electron chi connectivity index (χ2n) is 5.84. The van der Waals surface area contributed by atoms with Crippen molar-refractivity contribution < 1.29 is 4.79 Å². The van der Waals surface area contributed by atoms with Crippen molar-refractivity contribution >= 4 is 52.3 Å². The van der Waals surface area contributed by atoms with Gasteiger partial charge in [0.25, 0.3) is 0 Å². The molecule has 0 radical (unpaired) electrons. The summed E-state index contributed by atoms with van der Waals surface area (Å²) < 4.78 is -1.34. The molecule has 1 amide bonds. The predicted molar refractivity (Wildman–Crippen MR) is 103 cm³/mol. The Balaban J connectivity index is 4.17. The van der Waals surface area contributed by atoms with Gasteiger partial charge in [-0.3, -0.25) is 4.79 Å². The minimum absolute atomic E-state index is 0.00280. The Morgan fingerprint density at radius 1 is 1.09 bits per heavy atom. The van der Waals surface area contributed by atoms with Gasteiger partial charge in [-0.2, -0.15) is 0 Å². The van der Waals surface area contributed by atoms with Crippen LogP contribution in [0.5, 0.6) is 0 Å². The lowest BCUT2D eigenvalue weighted by Crippen LogP contribution is -2.33. The number of unbranched alkanes of at least 4 members (excludes halogenated alkanes) is 4. The number of hydrogen-bond donors (Lipinski definition) is 1. The Hall–Kier alpha value is 0.190. The van der Waals surface area contributed by atoms with Crippen molar-refractivity contribution in [3.63, 3.8) is 0 Å². The highest BCUT2D eigenvalue weighted by molar-refractivity contribution is 6.54. The highest BCUT2D eigenvalue weighted by Crippen LogP contribution is 2.32. The molecule has 0 fully saturated rings. The van der Waals surface area contributed by atoms with E-state index < -0.39 is 9.71 Å². The summed E-state index contributed by atoms with van der Waals surface area (Å²) in [5.41, 5.74) is 0. The maximum atomic E-state index is 11.3. The third kappa shape index (κ3) is 12.2. The lowest BCUT2D eigenvalue weighted by atomic mass is 10.0. The second-order valence-corrected chi connectivity index (χ2v) is 7.94. The number of carbonyl (C=O) groups excluding carboxylic acids is 1. The first-order chi connectivity index (χ1) is 10.8. The van der Waals surface area contributed by atoms with Gasteiger partial charge in [-0.1, -0.05) is 62.2 Å². The largest absolute Gasteiger partial charge is 0.354 e. The summed E-state index contributed by atoms with van der Waals surface area (Å²) in [6.07, 6.45) is 9.38. The van der Waals surface area contributed by atoms with E-state index in [0.29, 0.717) is 6.42 Å². The van der Waals surface area contributed by atoms with Crippen LogP contribution in [0.15, 0.2) is 0 Å². The zero-order valence-corrected chi connectivity index (χ0v) is 17.0. The summed E-state index contributed by atoms with van der Waals surface area (Å²) in [6.45, 7) is 3.75. The molecule has 0 saturated heterocycles. The highest BCUT2D eigenvalue weighted by atomic mass is 35.5. The van der Waals surface area contributed by atoms with Gasteiger partial charge in [-0.25, -0.2) is 0 Å². The fraction of sp³-hybridized carbons (Fsp3) is 0.824. The average molecular weight is 403 g/mol. The van der Waals surface area contributed by atoms with E-state index in [1.807, 2.05) is 0 Å².